The highest BCUT2D eigenvalue weighted by Crippen LogP contribution is 2.36. The molecule has 1 atom stereocenters. The molecule has 2 aromatic carbocycles. The molecule has 4 rings (SSSR count). The highest BCUT2D eigenvalue weighted by Gasteiger charge is 2.20. The van der Waals surface area contributed by atoms with Crippen LogP contribution in [0.15, 0.2) is 42.5 Å². The van der Waals surface area contributed by atoms with Crippen molar-refractivity contribution in [3.63, 3.8) is 0 Å². The zero-order valence-electron chi connectivity index (χ0n) is 18.8. The highest BCUT2D eigenvalue weighted by atomic mass is 19.1. The number of morpholine rings is 1. The van der Waals surface area contributed by atoms with Crippen molar-refractivity contribution in [3.8, 4) is 28.8 Å². The lowest BCUT2D eigenvalue weighted by atomic mass is 9.99. The summed E-state index contributed by atoms with van der Waals surface area (Å²) in [6.45, 7) is 3.48. The molecule has 1 saturated heterocycles. The van der Waals surface area contributed by atoms with Crippen LogP contribution in [0.25, 0.3) is 11.1 Å². The summed E-state index contributed by atoms with van der Waals surface area (Å²) in [4.78, 5) is 20.8. The first-order valence-corrected chi connectivity index (χ1v) is 10.8. The number of halogens is 1. The number of hydrogen-bond acceptors (Lipinski definition) is 9. The van der Waals surface area contributed by atoms with Crippen molar-refractivity contribution in [3.05, 3.63) is 75.3 Å². The molecule has 1 aliphatic rings. The van der Waals surface area contributed by atoms with Gasteiger partial charge in [-0.2, -0.15) is 10.2 Å². The van der Waals surface area contributed by atoms with Gasteiger partial charge in [-0.15, -0.1) is 0 Å². The number of aryl methyl sites for hydroxylation is 1. The van der Waals surface area contributed by atoms with Crippen LogP contribution in [0.4, 0.5) is 10.2 Å². The van der Waals surface area contributed by atoms with Gasteiger partial charge in [0.25, 0.3) is 0 Å². The number of anilines is 1. The Labute approximate surface area is 200 Å². The van der Waals surface area contributed by atoms with Gasteiger partial charge in [0.15, 0.2) is 0 Å². The van der Waals surface area contributed by atoms with Crippen LogP contribution < -0.4 is 9.64 Å². The maximum Gasteiger partial charge on any atom is 0.233 e. The van der Waals surface area contributed by atoms with Crippen LogP contribution in [-0.4, -0.2) is 52.8 Å². The van der Waals surface area contributed by atoms with E-state index in [9.17, 15) is 24.9 Å². The van der Waals surface area contributed by atoms with Crippen molar-refractivity contribution in [1.82, 2.24) is 9.97 Å². The van der Waals surface area contributed by atoms with Crippen LogP contribution in [0.3, 0.4) is 0 Å². The van der Waals surface area contributed by atoms with Crippen molar-refractivity contribution >= 4 is 5.82 Å². The van der Waals surface area contributed by atoms with Gasteiger partial charge >= 0.3 is 0 Å². The van der Waals surface area contributed by atoms with Gasteiger partial charge in [-0.1, -0.05) is 12.1 Å². The molecule has 0 saturated carbocycles. The van der Waals surface area contributed by atoms with Gasteiger partial charge in [-0.3, -0.25) is 10.1 Å². The quantitative estimate of drug-likeness (QED) is 0.399. The molecule has 0 amide bonds. The Morgan fingerprint density at radius 3 is 2.71 bits per heavy atom. The highest BCUT2D eigenvalue weighted by molar-refractivity contribution is 5.72. The molecule has 3 aromatic rings. The molecular weight excluding hydrogens is 457 g/mol. The first kappa shape index (κ1) is 24.0. The lowest BCUT2D eigenvalue weighted by molar-refractivity contribution is -0.491. The van der Waals surface area contributed by atoms with Crippen LogP contribution in [0, 0.1) is 34.2 Å². The summed E-state index contributed by atoms with van der Waals surface area (Å²) in [5.74, 6) is 0.919. The van der Waals surface area contributed by atoms with E-state index in [1.54, 1.807) is 25.1 Å². The summed E-state index contributed by atoms with van der Waals surface area (Å²) in [6, 6.07) is 12.4. The minimum Gasteiger partial charge on any atom is -0.438 e. The monoisotopic (exact) mass is 479 g/mol. The van der Waals surface area contributed by atoms with E-state index in [-0.39, 0.29) is 17.2 Å². The fraction of sp³-hybridized carbons (Fsp3) is 0.292. The zero-order valence-corrected chi connectivity index (χ0v) is 18.8. The molecule has 35 heavy (non-hydrogen) atoms. The van der Waals surface area contributed by atoms with Crippen LogP contribution in [0.2, 0.25) is 0 Å². The lowest BCUT2D eigenvalue weighted by Gasteiger charge is -2.28. The Morgan fingerprint density at radius 1 is 1.26 bits per heavy atom. The number of ether oxygens (including phenoxy) is 2. The molecule has 0 spiro atoms. The number of aliphatic hydroxyl groups excluding tert-OH is 1. The van der Waals surface area contributed by atoms with Gasteiger partial charge in [0.2, 0.25) is 12.4 Å². The molecule has 180 valence electrons. The Kier molecular flexibility index (Phi) is 7.14. The van der Waals surface area contributed by atoms with E-state index in [4.69, 9.17) is 9.47 Å². The van der Waals surface area contributed by atoms with Crippen molar-refractivity contribution in [2.24, 2.45) is 0 Å². The molecule has 0 aliphatic carbocycles. The molecule has 1 aromatic heterocycles. The predicted octanol–water partition coefficient (Wildman–Crippen LogP) is 3.40. The molecular formula is C24H22FN5O5. The van der Waals surface area contributed by atoms with Crippen LogP contribution in [-0.2, 0) is 4.74 Å². The molecule has 11 heteroatoms. The Bertz CT molecular complexity index is 1290. The second-order valence-corrected chi connectivity index (χ2v) is 7.90. The number of nitrogens with zero attached hydrogens (tertiary/aromatic N) is 5. The van der Waals surface area contributed by atoms with Crippen molar-refractivity contribution < 1.29 is 23.9 Å². The fourth-order valence-electron chi connectivity index (χ4n) is 3.76. The summed E-state index contributed by atoms with van der Waals surface area (Å²) < 4.78 is 26.2. The van der Waals surface area contributed by atoms with E-state index in [0.29, 0.717) is 54.6 Å². The SMILES string of the molecule is Cc1nc(Oc2cc(C#N)ccc2-c2ccc(C(O)C[N+](=O)[O-])c(F)c2)cc(N2CCOCC2)n1. The first-order valence-electron chi connectivity index (χ1n) is 10.8. The smallest absolute Gasteiger partial charge is 0.233 e. The number of aromatic nitrogens is 2. The van der Waals surface area contributed by atoms with Gasteiger partial charge in [-0.05, 0) is 36.8 Å². The number of rotatable bonds is 7. The largest absolute Gasteiger partial charge is 0.438 e. The van der Waals surface area contributed by atoms with Gasteiger partial charge in [0, 0.05) is 35.2 Å². The van der Waals surface area contributed by atoms with Gasteiger partial charge in [-0.25, -0.2) is 9.37 Å². The fourth-order valence-corrected chi connectivity index (χ4v) is 3.76. The van der Waals surface area contributed by atoms with E-state index in [1.165, 1.54) is 18.2 Å². The molecule has 1 fully saturated rings. The van der Waals surface area contributed by atoms with Crippen LogP contribution in [0.5, 0.6) is 11.6 Å². The second kappa shape index (κ2) is 10.4. The standard InChI is InChI=1S/C24H22FN5O5/c1-15-27-23(29-6-8-34-9-7-29)12-24(28-15)35-22-10-16(13-26)2-4-18(22)17-3-5-19(20(25)11-17)21(31)14-30(32)33/h2-5,10-12,21,31H,6-9,14H2,1H3. The predicted molar refractivity (Wildman–Crippen MR) is 123 cm³/mol. The van der Waals surface area contributed by atoms with E-state index >= 15 is 0 Å². The van der Waals surface area contributed by atoms with E-state index < -0.39 is 23.4 Å². The van der Waals surface area contributed by atoms with Crippen molar-refractivity contribution in [2.45, 2.75) is 13.0 Å². The van der Waals surface area contributed by atoms with Crippen LogP contribution in [0.1, 0.15) is 23.1 Å². The molecule has 0 radical (unpaired) electrons. The van der Waals surface area contributed by atoms with E-state index in [1.807, 2.05) is 0 Å². The third-order valence-corrected chi connectivity index (χ3v) is 5.45. The van der Waals surface area contributed by atoms with Gasteiger partial charge in [0.05, 0.1) is 24.8 Å². The topological polar surface area (TPSA) is 135 Å². The summed E-state index contributed by atoms with van der Waals surface area (Å²) in [5, 5.41) is 30.0. The third kappa shape index (κ3) is 5.68. The van der Waals surface area contributed by atoms with Crippen molar-refractivity contribution in [2.75, 3.05) is 37.7 Å². The molecule has 10 nitrogen and oxygen atoms in total. The second-order valence-electron chi connectivity index (χ2n) is 7.90. The van der Waals surface area contributed by atoms with E-state index in [0.717, 1.165) is 6.07 Å². The summed E-state index contributed by atoms with van der Waals surface area (Å²) in [7, 11) is 0. The van der Waals surface area contributed by atoms with Crippen LogP contribution >= 0.6 is 0 Å². The first-order chi connectivity index (χ1) is 16.8. The Hall–Kier alpha value is -4.14. The van der Waals surface area contributed by atoms with Crippen molar-refractivity contribution in [1.29, 1.82) is 5.26 Å². The zero-order chi connectivity index (χ0) is 24.9. The van der Waals surface area contributed by atoms with Gasteiger partial charge < -0.3 is 19.5 Å². The number of aliphatic hydroxyl groups is 1. The molecule has 0 bridgehead atoms. The van der Waals surface area contributed by atoms with Gasteiger partial charge in [0.1, 0.15) is 29.3 Å². The normalized spacial score (nSPS) is 14.3. The number of benzene rings is 2. The maximum atomic E-state index is 14.7. The average Bonchev–Trinajstić information content (AvgIpc) is 2.83. The summed E-state index contributed by atoms with van der Waals surface area (Å²) >= 11 is 0. The summed E-state index contributed by atoms with van der Waals surface area (Å²) in [6.07, 6.45) is -1.57. The average molecular weight is 479 g/mol. The lowest BCUT2D eigenvalue weighted by Crippen LogP contribution is -2.36. The molecule has 1 aliphatic heterocycles. The maximum absolute atomic E-state index is 14.7. The number of hydrogen-bond donors (Lipinski definition) is 1. The molecule has 1 unspecified atom stereocenters. The number of nitro groups is 1. The number of nitriles is 1. The third-order valence-electron chi connectivity index (χ3n) is 5.45. The van der Waals surface area contributed by atoms with E-state index in [2.05, 4.69) is 20.9 Å². The molecule has 1 N–H and O–H groups in total. The minimum atomic E-state index is -1.57. The Morgan fingerprint density at radius 2 is 2.03 bits per heavy atom. The Balaban J connectivity index is 1.69. The molecule has 2 heterocycles. The minimum absolute atomic E-state index is 0.178. The summed E-state index contributed by atoms with van der Waals surface area (Å²) in [5.41, 5.74) is 1.03.